The smallest absolute Gasteiger partial charge is 0.274 e. The Labute approximate surface area is 137 Å². The molecule has 0 atom stereocenters. The van der Waals surface area contributed by atoms with Crippen LogP contribution in [0.25, 0.3) is 0 Å². The molecule has 0 fully saturated rings. The molecule has 2 heterocycles. The average molecular weight is 315 g/mol. The molecule has 0 aliphatic carbocycles. The van der Waals surface area contributed by atoms with Gasteiger partial charge in [-0.15, -0.1) is 0 Å². The summed E-state index contributed by atoms with van der Waals surface area (Å²) < 4.78 is 7.63. The van der Waals surface area contributed by atoms with Crippen molar-refractivity contribution in [2.24, 2.45) is 11.0 Å². The normalized spacial score (nSPS) is 11.6. The molecule has 0 unspecified atom stereocenters. The fourth-order valence-electron chi connectivity index (χ4n) is 2.68. The summed E-state index contributed by atoms with van der Waals surface area (Å²) in [5.41, 5.74) is 6.45. The summed E-state index contributed by atoms with van der Waals surface area (Å²) in [5, 5.41) is 4.08. The second-order valence-electron chi connectivity index (χ2n) is 6.36. The molecule has 1 N–H and O–H groups in total. The number of amides is 1. The third-order valence-electron chi connectivity index (χ3n) is 3.82. The molecular weight excluding hydrogens is 290 g/mol. The molecule has 0 saturated carbocycles. The fourth-order valence-corrected chi connectivity index (χ4v) is 2.68. The first-order valence-electron chi connectivity index (χ1n) is 7.86. The van der Waals surface area contributed by atoms with Gasteiger partial charge in [-0.3, -0.25) is 4.79 Å². The number of carbonyl (C=O) groups is 1. The number of carbonyl (C=O) groups excluding carboxylic acids is 1. The van der Waals surface area contributed by atoms with Crippen LogP contribution in [-0.2, 0) is 6.54 Å². The fraction of sp³-hybridized carbons (Fsp3) is 0.444. The summed E-state index contributed by atoms with van der Waals surface area (Å²) in [6.45, 7) is 13.1. The van der Waals surface area contributed by atoms with Gasteiger partial charge in [-0.05, 0) is 45.7 Å². The maximum atomic E-state index is 12.1. The van der Waals surface area contributed by atoms with E-state index >= 15 is 0 Å². The highest BCUT2D eigenvalue weighted by molar-refractivity contribution is 5.96. The molecule has 5 nitrogen and oxygen atoms in total. The van der Waals surface area contributed by atoms with Gasteiger partial charge in [0.25, 0.3) is 5.91 Å². The van der Waals surface area contributed by atoms with Crippen LogP contribution in [0.3, 0.4) is 0 Å². The monoisotopic (exact) mass is 315 g/mol. The van der Waals surface area contributed by atoms with Gasteiger partial charge in [-0.1, -0.05) is 13.8 Å². The number of nitrogens with zero attached hydrogens (tertiary/aromatic N) is 2. The van der Waals surface area contributed by atoms with E-state index in [-0.39, 0.29) is 5.91 Å². The van der Waals surface area contributed by atoms with Crippen molar-refractivity contribution >= 4 is 12.1 Å². The van der Waals surface area contributed by atoms with Crippen molar-refractivity contribution in [1.29, 1.82) is 0 Å². The highest BCUT2D eigenvalue weighted by atomic mass is 16.3. The van der Waals surface area contributed by atoms with E-state index in [1.807, 2.05) is 6.92 Å². The molecule has 0 aliphatic rings. The lowest BCUT2D eigenvalue weighted by atomic mass is 10.2. The van der Waals surface area contributed by atoms with Gasteiger partial charge in [-0.25, -0.2) is 5.43 Å². The zero-order valence-electron chi connectivity index (χ0n) is 14.7. The third-order valence-corrected chi connectivity index (χ3v) is 3.82. The Morgan fingerprint density at radius 3 is 2.57 bits per heavy atom. The highest BCUT2D eigenvalue weighted by Crippen LogP contribution is 2.16. The summed E-state index contributed by atoms with van der Waals surface area (Å²) in [4.78, 5) is 12.1. The van der Waals surface area contributed by atoms with Crippen molar-refractivity contribution in [3.05, 3.63) is 46.2 Å². The third kappa shape index (κ3) is 3.92. The molecule has 124 valence electrons. The van der Waals surface area contributed by atoms with Crippen LogP contribution in [0.15, 0.2) is 21.7 Å². The van der Waals surface area contributed by atoms with Crippen LogP contribution in [0.5, 0.6) is 0 Å². The second kappa shape index (κ2) is 6.86. The van der Waals surface area contributed by atoms with Crippen molar-refractivity contribution in [3.8, 4) is 0 Å². The predicted molar refractivity (Wildman–Crippen MR) is 92.0 cm³/mol. The van der Waals surface area contributed by atoms with Crippen molar-refractivity contribution < 1.29 is 9.21 Å². The van der Waals surface area contributed by atoms with Crippen LogP contribution in [0.2, 0.25) is 0 Å². The van der Waals surface area contributed by atoms with Gasteiger partial charge < -0.3 is 8.98 Å². The van der Waals surface area contributed by atoms with Gasteiger partial charge in [0, 0.05) is 23.5 Å². The lowest BCUT2D eigenvalue weighted by Gasteiger charge is -2.11. The lowest BCUT2D eigenvalue weighted by molar-refractivity contribution is 0.0953. The number of hydrogen-bond donors (Lipinski definition) is 1. The quantitative estimate of drug-likeness (QED) is 0.675. The number of hydrogen-bond acceptors (Lipinski definition) is 3. The molecular formula is C18H25N3O2. The largest absolute Gasteiger partial charge is 0.466 e. The minimum atomic E-state index is -0.258. The number of hydrazone groups is 1. The zero-order chi connectivity index (χ0) is 17.1. The van der Waals surface area contributed by atoms with Crippen molar-refractivity contribution in [2.75, 3.05) is 0 Å². The van der Waals surface area contributed by atoms with Crippen molar-refractivity contribution in [3.63, 3.8) is 0 Å². The molecule has 0 bridgehead atoms. The summed E-state index contributed by atoms with van der Waals surface area (Å²) in [6, 6.07) is 3.80. The van der Waals surface area contributed by atoms with E-state index in [4.69, 9.17) is 4.42 Å². The number of nitrogens with one attached hydrogen (secondary N) is 1. The number of aryl methyl sites for hydroxylation is 3. The molecule has 0 saturated heterocycles. The number of rotatable bonds is 5. The molecule has 0 radical (unpaired) electrons. The zero-order valence-corrected chi connectivity index (χ0v) is 14.7. The lowest BCUT2D eigenvalue weighted by Crippen LogP contribution is -2.17. The summed E-state index contributed by atoms with van der Waals surface area (Å²) in [7, 11) is 0. The topological polar surface area (TPSA) is 59.5 Å². The van der Waals surface area contributed by atoms with Gasteiger partial charge >= 0.3 is 0 Å². The van der Waals surface area contributed by atoms with Gasteiger partial charge in [-0.2, -0.15) is 5.10 Å². The van der Waals surface area contributed by atoms with E-state index in [0.29, 0.717) is 23.0 Å². The Bertz CT molecular complexity index is 736. The van der Waals surface area contributed by atoms with Crippen LogP contribution in [-0.4, -0.2) is 16.7 Å². The molecule has 2 rings (SSSR count). The van der Waals surface area contributed by atoms with Crippen LogP contribution in [0, 0.1) is 33.6 Å². The Kier molecular flexibility index (Phi) is 5.08. The Hall–Kier alpha value is -2.30. The Morgan fingerprint density at radius 2 is 2.00 bits per heavy atom. The van der Waals surface area contributed by atoms with Gasteiger partial charge in [0.1, 0.15) is 11.5 Å². The molecule has 1 amide bonds. The van der Waals surface area contributed by atoms with E-state index in [1.54, 1.807) is 19.2 Å². The van der Waals surface area contributed by atoms with E-state index in [9.17, 15) is 4.79 Å². The minimum absolute atomic E-state index is 0.258. The van der Waals surface area contributed by atoms with Gasteiger partial charge in [0.15, 0.2) is 0 Å². The Morgan fingerprint density at radius 1 is 1.30 bits per heavy atom. The minimum Gasteiger partial charge on any atom is -0.466 e. The van der Waals surface area contributed by atoms with Crippen molar-refractivity contribution in [2.45, 2.75) is 48.1 Å². The molecule has 2 aromatic heterocycles. The predicted octanol–water partition coefficient (Wildman–Crippen LogP) is 3.73. The first-order chi connectivity index (χ1) is 10.8. The maximum absolute atomic E-state index is 12.1. The van der Waals surface area contributed by atoms with Crippen molar-refractivity contribution in [1.82, 2.24) is 9.99 Å². The molecule has 0 spiro atoms. The van der Waals surface area contributed by atoms with E-state index in [1.165, 1.54) is 5.69 Å². The van der Waals surface area contributed by atoms with Crippen LogP contribution >= 0.6 is 0 Å². The summed E-state index contributed by atoms with van der Waals surface area (Å²) >= 11 is 0. The summed E-state index contributed by atoms with van der Waals surface area (Å²) in [6.07, 6.45) is 1.69. The molecule has 23 heavy (non-hydrogen) atoms. The van der Waals surface area contributed by atoms with Crippen LogP contribution in [0.4, 0.5) is 0 Å². The number of furan rings is 1. The maximum Gasteiger partial charge on any atom is 0.274 e. The highest BCUT2D eigenvalue weighted by Gasteiger charge is 2.13. The van der Waals surface area contributed by atoms with E-state index < -0.39 is 0 Å². The average Bonchev–Trinajstić information content (AvgIpc) is 2.92. The van der Waals surface area contributed by atoms with Gasteiger partial charge in [0.05, 0.1) is 11.8 Å². The van der Waals surface area contributed by atoms with Crippen LogP contribution in [0.1, 0.15) is 52.7 Å². The molecule has 0 aliphatic heterocycles. The first kappa shape index (κ1) is 17.1. The Balaban J connectivity index is 2.09. The van der Waals surface area contributed by atoms with E-state index in [2.05, 4.69) is 48.9 Å². The van der Waals surface area contributed by atoms with Gasteiger partial charge in [0.2, 0.25) is 0 Å². The molecule has 0 aromatic carbocycles. The van der Waals surface area contributed by atoms with E-state index in [0.717, 1.165) is 17.8 Å². The van der Waals surface area contributed by atoms with Crippen LogP contribution < -0.4 is 5.43 Å². The number of aromatic nitrogens is 1. The second-order valence-corrected chi connectivity index (χ2v) is 6.36. The summed E-state index contributed by atoms with van der Waals surface area (Å²) in [5.74, 6) is 1.64. The molecule has 5 heteroatoms. The molecule has 2 aromatic rings. The standard InChI is InChI=1S/C18H25N3O2/c1-11(2)10-21-12(3)7-16(14(21)5)9-19-20-18(22)17-8-13(4)23-15(17)6/h7-9,11H,10H2,1-6H3,(H,20,22)/b19-9-. The first-order valence-corrected chi connectivity index (χ1v) is 7.86. The SMILES string of the molecule is Cc1cc(C(=O)N/N=C\c2cc(C)n(CC(C)C)c2C)c(C)o1.